The first-order valence-corrected chi connectivity index (χ1v) is 9.81. The summed E-state index contributed by atoms with van der Waals surface area (Å²) in [7, 11) is 1.40. The summed E-state index contributed by atoms with van der Waals surface area (Å²) in [5.74, 6) is -1.13. The molecular weight excluding hydrogens is 354 g/mol. The van der Waals surface area contributed by atoms with Crippen molar-refractivity contribution < 1.29 is 19.1 Å². The van der Waals surface area contributed by atoms with Crippen molar-refractivity contribution in [3.63, 3.8) is 0 Å². The van der Waals surface area contributed by atoms with Gasteiger partial charge in [-0.2, -0.15) is 0 Å². The van der Waals surface area contributed by atoms with Crippen LogP contribution in [0.5, 0.6) is 0 Å². The summed E-state index contributed by atoms with van der Waals surface area (Å²) in [6, 6.07) is 19.5. The second-order valence-electron chi connectivity index (χ2n) is 7.55. The van der Waals surface area contributed by atoms with E-state index in [0.29, 0.717) is 18.0 Å². The molecule has 0 saturated carbocycles. The van der Waals surface area contributed by atoms with Crippen molar-refractivity contribution in [3.8, 4) is 0 Å². The molecule has 2 saturated heterocycles. The van der Waals surface area contributed by atoms with Gasteiger partial charge >= 0.3 is 11.9 Å². The van der Waals surface area contributed by atoms with Crippen molar-refractivity contribution in [3.05, 3.63) is 71.8 Å². The van der Waals surface area contributed by atoms with Gasteiger partial charge in [0.05, 0.1) is 12.7 Å². The third kappa shape index (κ3) is 3.67. The third-order valence-corrected chi connectivity index (χ3v) is 5.96. The number of esters is 2. The van der Waals surface area contributed by atoms with Gasteiger partial charge in [0.1, 0.15) is 12.0 Å². The van der Waals surface area contributed by atoms with Gasteiger partial charge in [0, 0.05) is 25.0 Å². The average Bonchev–Trinajstić information content (AvgIpc) is 3.00. The number of piperidine rings is 1. The van der Waals surface area contributed by atoms with E-state index in [2.05, 4.69) is 17.0 Å². The Morgan fingerprint density at radius 1 is 1.00 bits per heavy atom. The van der Waals surface area contributed by atoms with Crippen LogP contribution >= 0.6 is 0 Å². The van der Waals surface area contributed by atoms with Gasteiger partial charge in [0.2, 0.25) is 0 Å². The summed E-state index contributed by atoms with van der Waals surface area (Å²) < 4.78 is 10.9. The fraction of sp³-hybridized carbons (Fsp3) is 0.391. The Morgan fingerprint density at radius 2 is 1.68 bits per heavy atom. The van der Waals surface area contributed by atoms with Crippen molar-refractivity contribution in [1.82, 2.24) is 4.90 Å². The van der Waals surface area contributed by atoms with Crippen molar-refractivity contribution in [2.24, 2.45) is 5.92 Å². The monoisotopic (exact) mass is 379 g/mol. The Hall–Kier alpha value is -2.66. The van der Waals surface area contributed by atoms with Gasteiger partial charge in [0.15, 0.2) is 0 Å². The van der Waals surface area contributed by atoms with E-state index >= 15 is 0 Å². The molecule has 0 N–H and O–H groups in total. The van der Waals surface area contributed by atoms with Crippen LogP contribution in [0.3, 0.4) is 0 Å². The molecule has 5 heteroatoms. The van der Waals surface area contributed by atoms with Gasteiger partial charge in [-0.3, -0.25) is 9.69 Å². The fourth-order valence-electron chi connectivity index (χ4n) is 4.65. The normalized spacial score (nSPS) is 26.6. The fourth-order valence-corrected chi connectivity index (χ4v) is 4.65. The van der Waals surface area contributed by atoms with Gasteiger partial charge in [-0.05, 0) is 30.5 Å². The second-order valence-corrected chi connectivity index (χ2v) is 7.55. The number of methoxy groups -OCH3 is 1. The zero-order chi connectivity index (χ0) is 19.5. The predicted molar refractivity (Wildman–Crippen MR) is 105 cm³/mol. The highest BCUT2D eigenvalue weighted by Gasteiger charge is 2.52. The lowest BCUT2D eigenvalue weighted by molar-refractivity contribution is -0.157. The van der Waals surface area contributed by atoms with E-state index in [-0.39, 0.29) is 18.0 Å². The summed E-state index contributed by atoms with van der Waals surface area (Å²) in [5, 5.41) is 0. The Morgan fingerprint density at radius 3 is 2.36 bits per heavy atom. The van der Waals surface area contributed by atoms with Crippen molar-refractivity contribution >= 4 is 11.9 Å². The van der Waals surface area contributed by atoms with E-state index in [1.54, 1.807) is 24.3 Å². The number of hydrogen-bond donors (Lipinski definition) is 0. The first-order valence-electron chi connectivity index (χ1n) is 9.81. The van der Waals surface area contributed by atoms with Gasteiger partial charge in [0.25, 0.3) is 0 Å². The maximum absolute atomic E-state index is 12.6. The highest BCUT2D eigenvalue weighted by atomic mass is 16.6. The molecule has 4 rings (SSSR count). The lowest BCUT2D eigenvalue weighted by Crippen LogP contribution is -2.54. The minimum absolute atomic E-state index is 0.0278. The SMILES string of the molecule is COC(=O)C1C2CCC(C[C@H]1OC(=O)c1ccccc1)N2Cc1ccccc1. The zero-order valence-corrected chi connectivity index (χ0v) is 16.0. The summed E-state index contributed by atoms with van der Waals surface area (Å²) in [4.78, 5) is 27.6. The molecule has 5 nitrogen and oxygen atoms in total. The Labute approximate surface area is 165 Å². The molecule has 2 aromatic carbocycles. The number of nitrogens with zero attached hydrogens (tertiary/aromatic N) is 1. The summed E-state index contributed by atoms with van der Waals surface area (Å²) in [6.45, 7) is 0.795. The zero-order valence-electron chi connectivity index (χ0n) is 16.0. The molecule has 146 valence electrons. The molecule has 2 bridgehead atoms. The number of fused-ring (bicyclic) bond motifs is 2. The molecule has 0 amide bonds. The van der Waals surface area contributed by atoms with Gasteiger partial charge in [-0.15, -0.1) is 0 Å². The highest BCUT2D eigenvalue weighted by Crippen LogP contribution is 2.42. The van der Waals surface area contributed by atoms with E-state index in [4.69, 9.17) is 9.47 Å². The molecule has 2 aliphatic rings. The third-order valence-electron chi connectivity index (χ3n) is 5.96. The summed E-state index contributed by atoms with van der Waals surface area (Å²) in [5.41, 5.74) is 1.73. The first-order chi connectivity index (χ1) is 13.7. The van der Waals surface area contributed by atoms with E-state index in [1.165, 1.54) is 12.7 Å². The maximum atomic E-state index is 12.6. The molecular formula is C23H25NO4. The van der Waals surface area contributed by atoms with Crippen LogP contribution in [-0.2, 0) is 20.8 Å². The van der Waals surface area contributed by atoms with Gasteiger partial charge < -0.3 is 9.47 Å². The number of ether oxygens (including phenoxy) is 2. The number of carbonyl (C=O) groups excluding carboxylic acids is 2. The largest absolute Gasteiger partial charge is 0.469 e. The molecule has 2 aromatic rings. The Balaban J connectivity index is 1.54. The lowest BCUT2D eigenvalue weighted by atomic mass is 9.86. The van der Waals surface area contributed by atoms with E-state index in [9.17, 15) is 9.59 Å². The molecule has 0 aromatic heterocycles. The molecule has 4 atom stereocenters. The Kier molecular flexibility index (Phi) is 5.44. The van der Waals surface area contributed by atoms with Crippen LogP contribution in [0.2, 0.25) is 0 Å². The second kappa shape index (κ2) is 8.15. The van der Waals surface area contributed by atoms with Crippen LogP contribution in [-0.4, -0.2) is 42.1 Å². The number of benzene rings is 2. The molecule has 28 heavy (non-hydrogen) atoms. The standard InChI is InChI=1S/C23H25NO4/c1-27-23(26)21-19-13-12-18(24(19)15-16-8-4-2-5-9-16)14-20(21)28-22(25)17-10-6-3-7-11-17/h2-11,18-21H,12-15H2,1H3/t18?,19?,20-,21?/m1/s1. The topological polar surface area (TPSA) is 55.8 Å². The van der Waals surface area contributed by atoms with Crippen LogP contribution in [0.15, 0.2) is 60.7 Å². The van der Waals surface area contributed by atoms with E-state index < -0.39 is 12.0 Å². The molecule has 0 radical (unpaired) electrons. The van der Waals surface area contributed by atoms with Crippen LogP contribution in [0, 0.1) is 5.92 Å². The molecule has 2 heterocycles. The summed E-state index contributed by atoms with van der Waals surface area (Å²) in [6.07, 6.45) is 2.12. The number of hydrogen-bond acceptors (Lipinski definition) is 5. The van der Waals surface area contributed by atoms with Crippen LogP contribution in [0.1, 0.15) is 35.2 Å². The van der Waals surface area contributed by atoms with Crippen molar-refractivity contribution in [2.75, 3.05) is 7.11 Å². The van der Waals surface area contributed by atoms with Crippen LogP contribution < -0.4 is 0 Å². The minimum atomic E-state index is -0.458. The quantitative estimate of drug-likeness (QED) is 0.745. The first kappa shape index (κ1) is 18.7. The molecule has 0 spiro atoms. The molecule has 2 aliphatic heterocycles. The van der Waals surface area contributed by atoms with Crippen LogP contribution in [0.4, 0.5) is 0 Å². The smallest absolute Gasteiger partial charge is 0.338 e. The minimum Gasteiger partial charge on any atom is -0.469 e. The molecule has 3 unspecified atom stereocenters. The van der Waals surface area contributed by atoms with Crippen LogP contribution in [0.25, 0.3) is 0 Å². The number of carbonyl (C=O) groups is 2. The van der Waals surface area contributed by atoms with Gasteiger partial charge in [-0.1, -0.05) is 48.5 Å². The highest BCUT2D eigenvalue weighted by molar-refractivity contribution is 5.89. The number of rotatable bonds is 5. The molecule has 0 aliphatic carbocycles. The predicted octanol–water partition coefficient (Wildman–Crippen LogP) is 3.44. The van der Waals surface area contributed by atoms with Gasteiger partial charge in [-0.25, -0.2) is 4.79 Å². The average molecular weight is 379 g/mol. The van der Waals surface area contributed by atoms with E-state index in [0.717, 1.165) is 19.4 Å². The van der Waals surface area contributed by atoms with Crippen molar-refractivity contribution in [2.45, 2.75) is 44.0 Å². The lowest BCUT2D eigenvalue weighted by Gasteiger charge is -2.42. The Bertz CT molecular complexity index is 823. The maximum Gasteiger partial charge on any atom is 0.338 e. The van der Waals surface area contributed by atoms with E-state index in [1.807, 2.05) is 24.3 Å². The summed E-state index contributed by atoms with van der Waals surface area (Å²) >= 11 is 0. The van der Waals surface area contributed by atoms with Crippen molar-refractivity contribution in [1.29, 1.82) is 0 Å². The molecule has 2 fully saturated rings.